The van der Waals surface area contributed by atoms with Gasteiger partial charge in [-0.1, -0.05) is 18.2 Å². The second kappa shape index (κ2) is 10.6. The molecule has 2 aliphatic rings. The first-order valence-electron chi connectivity index (χ1n) is 10.7. The second-order valence-electron chi connectivity index (χ2n) is 8.03. The van der Waals surface area contributed by atoms with Gasteiger partial charge in [0.25, 0.3) is 0 Å². The van der Waals surface area contributed by atoms with Crippen LogP contribution < -0.4 is 30.9 Å². The predicted octanol–water partition coefficient (Wildman–Crippen LogP) is 2.77. The zero-order valence-corrected chi connectivity index (χ0v) is 18.7. The first-order chi connectivity index (χ1) is 16.3. The minimum atomic E-state index is -4.36. The summed E-state index contributed by atoms with van der Waals surface area (Å²) in [4.78, 5) is 28.1. The summed E-state index contributed by atoms with van der Waals surface area (Å²) in [5, 5.41) is 7.43. The maximum atomic E-state index is 13.0. The Labute approximate surface area is 198 Å². The minimum absolute atomic E-state index is 0.158. The zero-order chi connectivity index (χ0) is 24.1. The van der Waals surface area contributed by atoms with E-state index in [0.717, 1.165) is 11.9 Å². The summed E-state index contributed by atoms with van der Waals surface area (Å²) in [5.41, 5.74) is 3.30. The van der Waals surface area contributed by atoms with Crippen LogP contribution in [-0.4, -0.2) is 42.5 Å². The fourth-order valence-corrected chi connectivity index (χ4v) is 4.55. The molecule has 5 N–H and O–H groups in total. The molecule has 2 saturated heterocycles. The van der Waals surface area contributed by atoms with Crippen molar-refractivity contribution < 1.29 is 27.5 Å². The highest BCUT2D eigenvalue weighted by molar-refractivity contribution is 7.98. The number of hydrogen-bond acceptors (Lipinski definition) is 7. The van der Waals surface area contributed by atoms with Gasteiger partial charge in [-0.2, -0.15) is 18.0 Å². The van der Waals surface area contributed by atoms with Gasteiger partial charge in [-0.25, -0.2) is 5.43 Å². The van der Waals surface area contributed by atoms with Gasteiger partial charge in [0.1, 0.15) is 22.9 Å². The molecule has 0 aromatic heterocycles. The maximum Gasteiger partial charge on any atom is 0.393 e. The Hall–Kier alpha value is -2.80. The van der Waals surface area contributed by atoms with E-state index in [1.807, 2.05) is 30.3 Å². The van der Waals surface area contributed by atoms with Gasteiger partial charge in [0, 0.05) is 18.8 Å². The number of nitrogens with one attached hydrogen (secondary N) is 5. The molecule has 2 aromatic carbocycles. The minimum Gasteiger partial charge on any atom is -0.457 e. The van der Waals surface area contributed by atoms with Crippen molar-refractivity contribution in [3.05, 3.63) is 54.6 Å². The number of hydrogen-bond donors (Lipinski definition) is 5. The van der Waals surface area contributed by atoms with E-state index in [2.05, 4.69) is 26.2 Å². The van der Waals surface area contributed by atoms with Gasteiger partial charge in [0.15, 0.2) is 0 Å². The summed E-state index contributed by atoms with van der Waals surface area (Å²) in [6.45, 7) is -0.0420. The average molecular weight is 496 g/mol. The maximum absolute atomic E-state index is 13.0. The van der Waals surface area contributed by atoms with E-state index in [0.29, 0.717) is 17.2 Å². The molecule has 0 bridgehead atoms. The number of ether oxygens (including phenoxy) is 1. The number of amides is 2. The topological polar surface area (TPSA) is 104 Å². The molecule has 0 radical (unpaired) electrons. The molecular formula is C22H24F3N5O3S. The van der Waals surface area contributed by atoms with Crippen LogP contribution in [0.2, 0.25) is 0 Å². The lowest BCUT2D eigenvalue weighted by atomic mass is 9.89. The molecule has 12 heteroatoms. The van der Waals surface area contributed by atoms with Crippen LogP contribution in [0.4, 0.5) is 18.9 Å². The van der Waals surface area contributed by atoms with Crippen LogP contribution in [0.5, 0.6) is 11.5 Å². The average Bonchev–Trinajstić information content (AvgIpc) is 3.29. The third-order valence-electron chi connectivity index (χ3n) is 5.56. The Morgan fingerprint density at radius 3 is 2.38 bits per heavy atom. The molecule has 34 heavy (non-hydrogen) atoms. The number of anilines is 1. The lowest BCUT2D eigenvalue weighted by molar-refractivity contribution is -0.182. The number of halogens is 3. The molecule has 2 fully saturated rings. The monoisotopic (exact) mass is 495 g/mol. The molecule has 2 aromatic rings. The summed E-state index contributed by atoms with van der Waals surface area (Å²) < 4.78 is 44.8. The molecule has 4 unspecified atom stereocenters. The van der Waals surface area contributed by atoms with E-state index in [1.54, 1.807) is 24.3 Å². The van der Waals surface area contributed by atoms with Gasteiger partial charge in [0.05, 0.1) is 11.8 Å². The van der Waals surface area contributed by atoms with E-state index in [4.69, 9.17) is 4.74 Å². The first-order valence-corrected chi connectivity index (χ1v) is 11.6. The smallest absolute Gasteiger partial charge is 0.393 e. The van der Waals surface area contributed by atoms with E-state index in [-0.39, 0.29) is 19.5 Å². The standard InChI is InChI=1S/C22H24F3N5O3S/c23-22(24,25)14-10-13(11-26-12-14)19(31)28-21-18(29-30-34-21)20(32)27-15-6-8-17(9-7-15)33-16-4-2-1-3-5-16/h1-9,13-14,18,21,26,29-30H,10-12H2,(H,27,32)(H,28,31). The van der Waals surface area contributed by atoms with Gasteiger partial charge in [-0.15, -0.1) is 0 Å². The summed E-state index contributed by atoms with van der Waals surface area (Å²) in [6, 6.07) is 15.2. The number of rotatable bonds is 6. The Bertz CT molecular complexity index is 994. The summed E-state index contributed by atoms with van der Waals surface area (Å²) in [6.07, 6.45) is -4.64. The van der Waals surface area contributed by atoms with Crippen LogP contribution in [0.15, 0.2) is 54.6 Å². The Morgan fingerprint density at radius 2 is 1.68 bits per heavy atom. The molecule has 2 heterocycles. The highest BCUT2D eigenvalue weighted by atomic mass is 32.2. The van der Waals surface area contributed by atoms with Crippen LogP contribution in [0.1, 0.15) is 6.42 Å². The Balaban J connectivity index is 1.31. The third kappa shape index (κ3) is 6.20. The van der Waals surface area contributed by atoms with Crippen LogP contribution in [0.3, 0.4) is 0 Å². The number of carbonyl (C=O) groups is 2. The number of carbonyl (C=O) groups excluding carboxylic acids is 2. The molecule has 182 valence electrons. The highest BCUT2D eigenvalue weighted by Gasteiger charge is 2.44. The first kappa shape index (κ1) is 24.3. The van der Waals surface area contributed by atoms with Crippen LogP contribution in [0.25, 0.3) is 0 Å². The molecule has 0 spiro atoms. The van der Waals surface area contributed by atoms with Crippen molar-refractivity contribution in [3.8, 4) is 11.5 Å². The van der Waals surface area contributed by atoms with Crippen molar-refractivity contribution in [1.82, 2.24) is 20.9 Å². The van der Waals surface area contributed by atoms with Crippen molar-refractivity contribution >= 4 is 29.4 Å². The van der Waals surface area contributed by atoms with Crippen LogP contribution in [0, 0.1) is 11.8 Å². The van der Waals surface area contributed by atoms with Crippen molar-refractivity contribution in [2.45, 2.75) is 24.0 Å². The molecule has 8 nitrogen and oxygen atoms in total. The SMILES string of the molecule is O=C(NC1SNNC1C(=O)Nc1ccc(Oc2ccccc2)cc1)C1CNCC(C(F)(F)F)C1. The van der Waals surface area contributed by atoms with E-state index in [1.165, 1.54) is 0 Å². The molecular weight excluding hydrogens is 471 g/mol. The van der Waals surface area contributed by atoms with Crippen LogP contribution in [-0.2, 0) is 9.59 Å². The van der Waals surface area contributed by atoms with Crippen molar-refractivity contribution in [2.24, 2.45) is 11.8 Å². The molecule has 0 saturated carbocycles. The highest BCUT2D eigenvalue weighted by Crippen LogP contribution is 2.33. The zero-order valence-electron chi connectivity index (χ0n) is 17.9. The number of piperidine rings is 1. The molecule has 2 aliphatic heterocycles. The van der Waals surface area contributed by atoms with E-state index in [9.17, 15) is 22.8 Å². The quantitative estimate of drug-likeness (QED) is 0.393. The summed E-state index contributed by atoms with van der Waals surface area (Å²) >= 11 is 1.08. The third-order valence-corrected chi connectivity index (χ3v) is 6.43. The lowest BCUT2D eigenvalue weighted by Gasteiger charge is -2.31. The number of para-hydroxylation sites is 1. The van der Waals surface area contributed by atoms with Gasteiger partial charge < -0.3 is 20.7 Å². The molecule has 4 atom stereocenters. The summed E-state index contributed by atoms with van der Waals surface area (Å²) in [5.74, 6) is -2.05. The van der Waals surface area contributed by atoms with E-state index >= 15 is 0 Å². The van der Waals surface area contributed by atoms with Gasteiger partial charge in [-0.05, 0) is 54.8 Å². The van der Waals surface area contributed by atoms with Gasteiger partial charge in [-0.3, -0.25) is 9.59 Å². The van der Waals surface area contributed by atoms with E-state index < -0.39 is 41.2 Å². The van der Waals surface area contributed by atoms with Crippen molar-refractivity contribution in [3.63, 3.8) is 0 Å². The number of benzene rings is 2. The predicted molar refractivity (Wildman–Crippen MR) is 122 cm³/mol. The lowest BCUT2D eigenvalue weighted by Crippen LogP contribution is -2.53. The number of hydrazine groups is 1. The Morgan fingerprint density at radius 1 is 0.971 bits per heavy atom. The molecule has 0 aliphatic carbocycles. The van der Waals surface area contributed by atoms with Crippen molar-refractivity contribution in [1.29, 1.82) is 0 Å². The molecule has 4 rings (SSSR count). The largest absolute Gasteiger partial charge is 0.457 e. The fraction of sp³-hybridized carbons (Fsp3) is 0.364. The fourth-order valence-electron chi connectivity index (χ4n) is 3.72. The Kier molecular flexibility index (Phi) is 7.61. The number of alkyl halides is 3. The van der Waals surface area contributed by atoms with Gasteiger partial charge in [0.2, 0.25) is 11.8 Å². The normalized spacial score (nSPS) is 24.9. The molecule has 2 amide bonds. The van der Waals surface area contributed by atoms with Crippen LogP contribution >= 0.6 is 11.9 Å². The van der Waals surface area contributed by atoms with Gasteiger partial charge >= 0.3 is 6.18 Å². The van der Waals surface area contributed by atoms with Crippen molar-refractivity contribution in [2.75, 3.05) is 18.4 Å². The second-order valence-corrected chi connectivity index (χ2v) is 8.98. The summed E-state index contributed by atoms with van der Waals surface area (Å²) in [7, 11) is 0.